The minimum absolute atomic E-state index is 0.0903. The van der Waals surface area contributed by atoms with Gasteiger partial charge in [0.25, 0.3) is 5.91 Å². The summed E-state index contributed by atoms with van der Waals surface area (Å²) in [6, 6.07) is 19.5. The van der Waals surface area contributed by atoms with E-state index in [4.69, 9.17) is 4.42 Å². The lowest BCUT2D eigenvalue weighted by molar-refractivity contribution is 0.0717. The van der Waals surface area contributed by atoms with E-state index in [0.29, 0.717) is 49.6 Å². The first-order valence-electron chi connectivity index (χ1n) is 10.9. The van der Waals surface area contributed by atoms with Gasteiger partial charge in [0.05, 0.1) is 6.54 Å². The number of benzene rings is 2. The van der Waals surface area contributed by atoms with E-state index in [9.17, 15) is 4.79 Å². The van der Waals surface area contributed by atoms with Gasteiger partial charge in [0.2, 0.25) is 0 Å². The Morgan fingerprint density at radius 2 is 1.73 bits per heavy atom. The minimum atomic E-state index is -0.0903. The number of nitrogens with zero attached hydrogens (tertiary/aromatic N) is 7. The maximum absolute atomic E-state index is 13.0. The van der Waals surface area contributed by atoms with Crippen molar-refractivity contribution in [1.82, 2.24) is 29.9 Å². The van der Waals surface area contributed by atoms with Gasteiger partial charge in [-0.25, -0.2) is 14.6 Å². The van der Waals surface area contributed by atoms with Crippen LogP contribution >= 0.6 is 0 Å². The highest BCUT2D eigenvalue weighted by Crippen LogP contribution is 2.24. The number of amides is 1. The second-order valence-electron chi connectivity index (χ2n) is 8.03. The van der Waals surface area contributed by atoms with Crippen LogP contribution in [0.2, 0.25) is 0 Å². The lowest BCUT2D eigenvalue weighted by Gasteiger charge is -2.34. The molecule has 0 N–H and O–H groups in total. The summed E-state index contributed by atoms with van der Waals surface area (Å²) >= 11 is 0. The third-order valence-corrected chi connectivity index (χ3v) is 5.96. The molecule has 164 valence electrons. The van der Waals surface area contributed by atoms with Crippen molar-refractivity contribution in [2.75, 3.05) is 31.1 Å². The topological polar surface area (TPSA) is 93.2 Å². The molecular weight excluding hydrogens is 418 g/mol. The van der Waals surface area contributed by atoms with Crippen molar-refractivity contribution in [3.63, 3.8) is 0 Å². The number of aromatic nitrogens is 5. The molecule has 0 radical (unpaired) electrons. The van der Waals surface area contributed by atoms with Crippen LogP contribution in [-0.2, 0) is 6.54 Å². The maximum atomic E-state index is 13.0. The number of rotatable bonds is 4. The molecule has 0 saturated carbocycles. The van der Waals surface area contributed by atoms with Crippen molar-refractivity contribution in [2.24, 2.45) is 0 Å². The summed E-state index contributed by atoms with van der Waals surface area (Å²) in [4.78, 5) is 25.8. The monoisotopic (exact) mass is 439 g/mol. The standard InChI is InChI=1S/C24H21N7O2/c32-24(20-14-18-8-4-5-9-19(18)33-20)30-12-10-29(11-13-30)22-21-23(26-16-25-22)31(28-27-21)15-17-6-2-1-3-7-17/h1-9,14,16H,10-13,15H2. The van der Waals surface area contributed by atoms with Crippen LogP contribution < -0.4 is 4.90 Å². The zero-order valence-corrected chi connectivity index (χ0v) is 17.8. The molecule has 33 heavy (non-hydrogen) atoms. The van der Waals surface area contributed by atoms with Crippen LogP contribution in [0.25, 0.3) is 22.1 Å². The van der Waals surface area contributed by atoms with Crippen LogP contribution in [0, 0.1) is 0 Å². The first-order chi connectivity index (χ1) is 16.3. The van der Waals surface area contributed by atoms with Gasteiger partial charge in [-0.15, -0.1) is 5.10 Å². The number of carbonyl (C=O) groups excluding carboxylic acids is 1. The summed E-state index contributed by atoms with van der Waals surface area (Å²) in [6.07, 6.45) is 1.55. The Bertz CT molecular complexity index is 1400. The van der Waals surface area contributed by atoms with Gasteiger partial charge in [-0.3, -0.25) is 4.79 Å². The average molecular weight is 439 g/mol. The van der Waals surface area contributed by atoms with Crippen molar-refractivity contribution in [3.05, 3.63) is 78.3 Å². The SMILES string of the molecule is O=C(c1cc2ccccc2o1)N1CCN(c2ncnc3c2nnn3Cc2ccccc2)CC1. The molecule has 0 bridgehead atoms. The molecule has 9 heteroatoms. The van der Waals surface area contributed by atoms with Crippen LogP contribution in [0.5, 0.6) is 0 Å². The third kappa shape index (κ3) is 3.57. The van der Waals surface area contributed by atoms with Gasteiger partial charge in [-0.1, -0.05) is 53.7 Å². The molecular formula is C24H21N7O2. The third-order valence-electron chi connectivity index (χ3n) is 5.96. The molecule has 9 nitrogen and oxygen atoms in total. The smallest absolute Gasteiger partial charge is 0.289 e. The number of carbonyl (C=O) groups is 1. The molecule has 0 atom stereocenters. The molecule has 4 heterocycles. The fourth-order valence-electron chi connectivity index (χ4n) is 4.24. The average Bonchev–Trinajstić information content (AvgIpc) is 3.49. The van der Waals surface area contributed by atoms with Crippen molar-refractivity contribution in [1.29, 1.82) is 0 Å². The number of piperazine rings is 1. The van der Waals surface area contributed by atoms with Crippen molar-refractivity contribution in [2.45, 2.75) is 6.54 Å². The fraction of sp³-hybridized carbons (Fsp3) is 0.208. The molecule has 1 aliphatic heterocycles. The second kappa shape index (κ2) is 8.01. The predicted molar refractivity (Wildman–Crippen MR) is 123 cm³/mol. The summed E-state index contributed by atoms with van der Waals surface area (Å²) in [6.45, 7) is 3.01. The predicted octanol–water partition coefficient (Wildman–Crippen LogP) is 2.98. The highest BCUT2D eigenvalue weighted by Gasteiger charge is 2.27. The quantitative estimate of drug-likeness (QED) is 0.425. The first kappa shape index (κ1) is 19.4. The second-order valence-corrected chi connectivity index (χ2v) is 8.03. The van der Waals surface area contributed by atoms with Crippen LogP contribution in [0.4, 0.5) is 5.82 Å². The molecule has 2 aromatic carbocycles. The largest absolute Gasteiger partial charge is 0.451 e. The number of fused-ring (bicyclic) bond motifs is 2. The molecule has 6 rings (SSSR count). The van der Waals surface area contributed by atoms with E-state index in [0.717, 1.165) is 22.4 Å². The molecule has 0 aliphatic carbocycles. The lowest BCUT2D eigenvalue weighted by atomic mass is 10.2. The van der Waals surface area contributed by atoms with Gasteiger partial charge in [-0.05, 0) is 17.7 Å². The normalized spacial score (nSPS) is 14.3. The summed E-state index contributed by atoms with van der Waals surface area (Å²) in [5.74, 6) is 1.03. The van der Waals surface area contributed by atoms with E-state index >= 15 is 0 Å². The van der Waals surface area contributed by atoms with Crippen LogP contribution in [0.1, 0.15) is 16.1 Å². The van der Waals surface area contributed by atoms with Crippen molar-refractivity contribution >= 4 is 33.9 Å². The maximum Gasteiger partial charge on any atom is 0.289 e. The Kier molecular flexibility index (Phi) is 4.71. The molecule has 1 saturated heterocycles. The summed E-state index contributed by atoms with van der Waals surface area (Å²) < 4.78 is 7.55. The highest BCUT2D eigenvalue weighted by molar-refractivity contribution is 5.96. The van der Waals surface area contributed by atoms with Gasteiger partial charge in [0.1, 0.15) is 11.9 Å². The van der Waals surface area contributed by atoms with Crippen LogP contribution in [0.15, 0.2) is 71.4 Å². The lowest BCUT2D eigenvalue weighted by Crippen LogP contribution is -2.49. The molecule has 0 spiro atoms. The summed E-state index contributed by atoms with van der Waals surface area (Å²) in [5.41, 5.74) is 3.22. The number of para-hydroxylation sites is 1. The molecule has 3 aromatic heterocycles. The highest BCUT2D eigenvalue weighted by atomic mass is 16.3. The molecule has 1 aliphatic rings. The summed E-state index contributed by atoms with van der Waals surface area (Å²) in [7, 11) is 0. The van der Waals surface area contributed by atoms with Crippen molar-refractivity contribution < 1.29 is 9.21 Å². The Balaban J connectivity index is 1.19. The van der Waals surface area contributed by atoms with E-state index in [2.05, 4.69) is 25.2 Å². The summed E-state index contributed by atoms with van der Waals surface area (Å²) in [5, 5.41) is 9.61. The van der Waals surface area contributed by atoms with Crippen LogP contribution in [0.3, 0.4) is 0 Å². The van der Waals surface area contributed by atoms with E-state index in [1.54, 1.807) is 11.0 Å². The van der Waals surface area contributed by atoms with Crippen molar-refractivity contribution in [3.8, 4) is 0 Å². The first-order valence-corrected chi connectivity index (χ1v) is 10.9. The molecule has 5 aromatic rings. The minimum Gasteiger partial charge on any atom is -0.451 e. The molecule has 0 unspecified atom stereocenters. The number of anilines is 1. The Labute approximate surface area is 189 Å². The van der Waals surface area contributed by atoms with Gasteiger partial charge < -0.3 is 14.2 Å². The van der Waals surface area contributed by atoms with Gasteiger partial charge in [0, 0.05) is 31.6 Å². The zero-order valence-electron chi connectivity index (χ0n) is 17.8. The Morgan fingerprint density at radius 3 is 2.55 bits per heavy atom. The number of hydrogen-bond acceptors (Lipinski definition) is 7. The van der Waals surface area contributed by atoms with Gasteiger partial charge >= 0.3 is 0 Å². The Hall–Kier alpha value is -4.27. The van der Waals surface area contributed by atoms with E-state index < -0.39 is 0 Å². The molecule has 1 fully saturated rings. The van der Waals surface area contributed by atoms with Gasteiger partial charge in [-0.2, -0.15) is 0 Å². The van der Waals surface area contributed by atoms with E-state index in [1.807, 2.05) is 65.6 Å². The fourth-order valence-corrected chi connectivity index (χ4v) is 4.24. The number of furan rings is 1. The van der Waals surface area contributed by atoms with Crippen LogP contribution in [-0.4, -0.2) is 61.9 Å². The van der Waals surface area contributed by atoms with E-state index in [1.165, 1.54) is 0 Å². The molecule has 1 amide bonds. The van der Waals surface area contributed by atoms with E-state index in [-0.39, 0.29) is 5.91 Å². The zero-order chi connectivity index (χ0) is 22.2. The van der Waals surface area contributed by atoms with Gasteiger partial charge in [0.15, 0.2) is 22.7 Å². The number of hydrogen-bond donors (Lipinski definition) is 0. The Morgan fingerprint density at radius 1 is 0.939 bits per heavy atom.